The van der Waals surface area contributed by atoms with Gasteiger partial charge in [-0.25, -0.2) is 9.48 Å². The molecule has 2 aliphatic heterocycles. The van der Waals surface area contributed by atoms with Crippen molar-refractivity contribution in [3.8, 4) is 0 Å². The predicted octanol–water partition coefficient (Wildman–Crippen LogP) is 1.95. The van der Waals surface area contributed by atoms with Gasteiger partial charge >= 0.3 is 12.0 Å². The number of nitrogens with zero attached hydrogens (tertiary/aromatic N) is 3. The zero-order valence-electron chi connectivity index (χ0n) is 29.0. The highest BCUT2D eigenvalue weighted by Crippen LogP contribution is 2.33. The highest BCUT2D eigenvalue weighted by molar-refractivity contribution is 8.00. The Morgan fingerprint density at radius 3 is 2.53 bits per heavy atom. The summed E-state index contributed by atoms with van der Waals surface area (Å²) >= 11 is 1.89. The summed E-state index contributed by atoms with van der Waals surface area (Å²) in [6.45, 7) is 4.54. The molecule has 3 heterocycles. The van der Waals surface area contributed by atoms with Gasteiger partial charge in [0.25, 0.3) is 0 Å². The van der Waals surface area contributed by atoms with Gasteiger partial charge in [-0.05, 0) is 43.4 Å². The van der Waals surface area contributed by atoms with Gasteiger partial charge in [0.2, 0.25) is 5.91 Å². The van der Waals surface area contributed by atoms with Gasteiger partial charge in [-0.3, -0.25) is 14.4 Å². The lowest BCUT2D eigenvalue weighted by molar-refractivity contribution is -0.137. The summed E-state index contributed by atoms with van der Waals surface area (Å²) < 4.78 is 24.1. The number of urea groups is 1. The molecule has 2 aromatic rings. The van der Waals surface area contributed by atoms with Gasteiger partial charge in [-0.1, -0.05) is 17.7 Å². The number of ether oxygens (including phenoxy) is 4. The maximum absolute atomic E-state index is 12.1. The second-order valence-corrected chi connectivity index (χ2v) is 13.7. The molecule has 51 heavy (non-hydrogen) atoms. The fourth-order valence-corrected chi connectivity index (χ4v) is 7.31. The summed E-state index contributed by atoms with van der Waals surface area (Å²) in [4.78, 5) is 46.4. The van der Waals surface area contributed by atoms with Gasteiger partial charge < -0.3 is 45.7 Å². The number of nitrogens with one attached hydrogen (secondary N) is 3. The number of aryl methyl sites for hydroxylation is 1. The summed E-state index contributed by atoms with van der Waals surface area (Å²) in [6, 6.07) is 5.62. The number of ketones is 1. The highest BCUT2D eigenvalue weighted by Gasteiger charge is 2.42. The molecular weight excluding hydrogens is 682 g/mol. The monoisotopic (exact) mass is 733 g/mol. The number of aliphatic carboxylic acids is 1. The van der Waals surface area contributed by atoms with E-state index in [1.165, 1.54) is 0 Å². The third-order valence-electron chi connectivity index (χ3n) is 8.43. The van der Waals surface area contributed by atoms with Crippen molar-refractivity contribution in [2.75, 3.05) is 64.3 Å². The molecular formula is C34H51N7O9S. The highest BCUT2D eigenvalue weighted by atomic mass is 32.2. The van der Waals surface area contributed by atoms with Crippen LogP contribution in [0.15, 0.2) is 24.4 Å². The molecule has 2 saturated heterocycles. The van der Waals surface area contributed by atoms with Crippen LogP contribution in [0.4, 0.5) is 10.5 Å². The molecule has 0 radical (unpaired) electrons. The number of nitrogens with two attached hydrogens (primary N) is 1. The molecule has 1 aromatic heterocycles. The van der Waals surface area contributed by atoms with E-state index in [1.807, 2.05) is 24.0 Å². The molecule has 0 bridgehead atoms. The second kappa shape index (κ2) is 22.2. The van der Waals surface area contributed by atoms with Crippen LogP contribution in [0.25, 0.3) is 0 Å². The third kappa shape index (κ3) is 14.8. The van der Waals surface area contributed by atoms with Gasteiger partial charge in [-0.15, -0.1) is 5.10 Å². The van der Waals surface area contributed by atoms with Gasteiger partial charge in [-0.2, -0.15) is 11.8 Å². The van der Waals surface area contributed by atoms with Crippen molar-refractivity contribution in [1.82, 2.24) is 30.9 Å². The largest absolute Gasteiger partial charge is 0.481 e. The molecule has 0 unspecified atom stereocenters. The number of aromatic nitrogens is 3. The normalized spacial score (nSPS) is 18.0. The third-order valence-corrected chi connectivity index (χ3v) is 9.94. The first-order valence-electron chi connectivity index (χ1n) is 17.6. The van der Waals surface area contributed by atoms with Crippen LogP contribution in [0, 0.1) is 0 Å². The van der Waals surface area contributed by atoms with Crippen LogP contribution >= 0.6 is 11.8 Å². The summed E-state index contributed by atoms with van der Waals surface area (Å²) in [5.74, 6) is -0.306. The van der Waals surface area contributed by atoms with Crippen molar-refractivity contribution in [3.05, 3.63) is 41.2 Å². The van der Waals surface area contributed by atoms with Crippen molar-refractivity contribution in [2.45, 2.75) is 81.9 Å². The smallest absolute Gasteiger partial charge is 0.315 e. The zero-order valence-corrected chi connectivity index (χ0v) is 29.8. The van der Waals surface area contributed by atoms with E-state index in [0.717, 1.165) is 49.1 Å². The number of carbonyl (C=O) groups excluding carboxylic acids is 3. The van der Waals surface area contributed by atoms with E-state index in [0.29, 0.717) is 88.9 Å². The average molecular weight is 734 g/mol. The standard InChI is InChI=1S/C34H51N7O9S/c35-27-20-24(7-8-26(27)29(42)9-10-32(44)45)4-3-13-50-22-25-21-41(40-39-25)12-15-48-17-19-49-18-16-47-14-11-36-31(43)6-2-1-5-30-33-28(23-51-30)37-34(46)38-33/h7-8,20-21,28,30,33H,1-6,9-19,22-23,35H2,(H,36,43)(H,44,45)(H2,37,38,46)/t28-,30-,33-/m0/s1. The molecule has 0 spiro atoms. The molecule has 0 aliphatic carbocycles. The van der Waals surface area contributed by atoms with Gasteiger partial charge in [0, 0.05) is 48.2 Å². The lowest BCUT2D eigenvalue weighted by Crippen LogP contribution is -2.36. The Morgan fingerprint density at radius 1 is 0.961 bits per heavy atom. The number of carboxylic acids is 1. The number of nitrogen functional groups attached to an aromatic ring is 1. The Labute approximate surface area is 302 Å². The Bertz CT molecular complexity index is 1410. The minimum atomic E-state index is -1.01. The molecule has 4 rings (SSSR count). The van der Waals surface area contributed by atoms with Gasteiger partial charge in [0.1, 0.15) is 5.69 Å². The number of rotatable bonds is 27. The Morgan fingerprint density at radius 2 is 1.75 bits per heavy atom. The van der Waals surface area contributed by atoms with Crippen LogP contribution in [0.3, 0.4) is 0 Å². The Balaban J connectivity index is 0.900. The number of carbonyl (C=O) groups is 4. The number of Topliss-reactive ketones (excluding diaryl/α,β-unsaturated/α-hetero) is 1. The Hall–Kier alpha value is -3.77. The fraction of sp³-hybridized carbons (Fsp3) is 0.647. The first-order chi connectivity index (χ1) is 24.8. The van der Waals surface area contributed by atoms with E-state index >= 15 is 0 Å². The van der Waals surface area contributed by atoms with Crippen LogP contribution in [-0.4, -0.2) is 120 Å². The van der Waals surface area contributed by atoms with Gasteiger partial charge in [0.15, 0.2) is 5.78 Å². The topological polar surface area (TPSA) is 218 Å². The first kappa shape index (κ1) is 40.0. The van der Waals surface area contributed by atoms with E-state index in [4.69, 9.17) is 29.8 Å². The van der Waals surface area contributed by atoms with Crippen molar-refractivity contribution < 1.29 is 43.2 Å². The number of amides is 3. The van der Waals surface area contributed by atoms with Crippen LogP contribution in [-0.2, 0) is 48.1 Å². The predicted molar refractivity (Wildman–Crippen MR) is 189 cm³/mol. The molecule has 17 heteroatoms. The SMILES string of the molecule is Nc1cc(CCCOCc2cn(CCOCCOCCOCCNC(=O)CCCC[C@@H]3SC[C@@H]4NC(=O)N[C@@H]43)nn2)ccc1C(=O)CCC(=O)O. The van der Waals surface area contributed by atoms with Crippen molar-refractivity contribution in [1.29, 1.82) is 0 Å². The molecule has 2 fully saturated rings. The zero-order chi connectivity index (χ0) is 36.3. The van der Waals surface area contributed by atoms with Crippen molar-refractivity contribution >= 4 is 41.1 Å². The molecule has 6 N–H and O–H groups in total. The average Bonchev–Trinajstić information content (AvgIpc) is 3.82. The molecule has 1 aromatic carbocycles. The Kier molecular flexibility index (Phi) is 17.4. The first-order valence-corrected chi connectivity index (χ1v) is 18.6. The fourth-order valence-electron chi connectivity index (χ4n) is 5.77. The summed E-state index contributed by atoms with van der Waals surface area (Å²) in [5.41, 5.74) is 8.42. The number of hydrogen-bond donors (Lipinski definition) is 5. The number of anilines is 1. The second-order valence-electron chi connectivity index (χ2n) is 12.4. The summed E-state index contributed by atoms with van der Waals surface area (Å²) in [7, 11) is 0. The minimum absolute atomic E-state index is 0.0305. The molecule has 0 saturated carbocycles. The molecule has 282 valence electrons. The van der Waals surface area contributed by atoms with E-state index in [9.17, 15) is 19.2 Å². The number of unbranched alkanes of at least 4 members (excludes halogenated alkanes) is 1. The van der Waals surface area contributed by atoms with Crippen LogP contribution in [0.5, 0.6) is 0 Å². The molecule has 2 aliphatic rings. The minimum Gasteiger partial charge on any atom is -0.481 e. The lowest BCUT2D eigenvalue weighted by Gasteiger charge is -2.16. The van der Waals surface area contributed by atoms with E-state index in [1.54, 1.807) is 16.8 Å². The van der Waals surface area contributed by atoms with E-state index in [-0.39, 0.29) is 42.6 Å². The number of thioether (sulfide) groups is 1. The number of carboxylic acid groups (broad SMARTS) is 1. The molecule has 3 atom stereocenters. The van der Waals surface area contributed by atoms with Crippen LogP contribution < -0.4 is 21.7 Å². The number of hydrogen-bond acceptors (Lipinski definition) is 12. The lowest BCUT2D eigenvalue weighted by atomic mass is 10.0. The van der Waals surface area contributed by atoms with E-state index in [2.05, 4.69) is 26.3 Å². The number of benzene rings is 1. The number of fused-ring (bicyclic) bond motifs is 1. The van der Waals surface area contributed by atoms with E-state index < -0.39 is 5.97 Å². The van der Waals surface area contributed by atoms with Crippen LogP contribution in [0.1, 0.15) is 66.6 Å². The maximum Gasteiger partial charge on any atom is 0.315 e. The summed E-state index contributed by atoms with van der Waals surface area (Å²) in [5, 5.41) is 26.2. The van der Waals surface area contributed by atoms with Crippen LogP contribution in [0.2, 0.25) is 0 Å². The van der Waals surface area contributed by atoms with Gasteiger partial charge in [0.05, 0.1) is 77.5 Å². The van der Waals surface area contributed by atoms with Crippen molar-refractivity contribution in [2.24, 2.45) is 0 Å². The maximum atomic E-state index is 12.1. The molecule has 3 amide bonds. The summed E-state index contributed by atoms with van der Waals surface area (Å²) in [6.07, 6.45) is 6.30. The molecule has 16 nitrogen and oxygen atoms in total. The quantitative estimate of drug-likeness (QED) is 0.0384. The van der Waals surface area contributed by atoms with Crippen molar-refractivity contribution in [3.63, 3.8) is 0 Å².